The van der Waals surface area contributed by atoms with E-state index in [1.807, 2.05) is 48.5 Å². The molecule has 0 bridgehead atoms. The summed E-state index contributed by atoms with van der Waals surface area (Å²) < 4.78 is 15.6. The lowest BCUT2D eigenvalue weighted by Gasteiger charge is -2.00. The van der Waals surface area contributed by atoms with E-state index in [-0.39, 0.29) is 11.6 Å². The predicted molar refractivity (Wildman–Crippen MR) is 113 cm³/mol. The van der Waals surface area contributed by atoms with E-state index in [1.54, 1.807) is 20.3 Å². The van der Waals surface area contributed by atoms with Crippen molar-refractivity contribution in [1.82, 2.24) is 25.7 Å². The molecular formula is C22H21N5O4. The first-order chi connectivity index (χ1) is 15.2. The van der Waals surface area contributed by atoms with Crippen molar-refractivity contribution in [2.45, 2.75) is 6.42 Å². The second kappa shape index (κ2) is 9.12. The number of methoxy groups -OCH3 is 2. The van der Waals surface area contributed by atoms with Gasteiger partial charge in [-0.05, 0) is 48.5 Å². The Morgan fingerprint density at radius 3 is 2.29 bits per heavy atom. The minimum atomic E-state index is -0.321. The molecule has 31 heavy (non-hydrogen) atoms. The standard InChI is InChI=1S/C22H21N5O4/c1-29-16-7-3-14(4-8-16)19-13-18(27-31-19)22(28)23-12-11-20-24-21(26-25-20)15-5-9-17(30-2)10-6-15/h3-10,13H,11-12H2,1-2H3,(H,23,28)(H,24,25,26). The molecule has 1 amide bonds. The van der Waals surface area contributed by atoms with Crippen LogP contribution in [0.1, 0.15) is 16.3 Å². The van der Waals surface area contributed by atoms with Gasteiger partial charge >= 0.3 is 0 Å². The molecule has 0 spiro atoms. The minimum Gasteiger partial charge on any atom is -0.497 e. The van der Waals surface area contributed by atoms with Crippen molar-refractivity contribution in [3.8, 4) is 34.2 Å². The third-order valence-electron chi connectivity index (χ3n) is 4.64. The summed E-state index contributed by atoms with van der Waals surface area (Å²) in [6.07, 6.45) is 0.498. The van der Waals surface area contributed by atoms with Crippen LogP contribution in [0.5, 0.6) is 11.5 Å². The number of hydrogen-bond acceptors (Lipinski definition) is 7. The van der Waals surface area contributed by atoms with Crippen LogP contribution in [0.2, 0.25) is 0 Å². The number of carbonyl (C=O) groups excluding carboxylic acids is 1. The number of H-pyrrole nitrogens is 1. The van der Waals surface area contributed by atoms with Crippen LogP contribution in [0, 0.1) is 0 Å². The Hall–Kier alpha value is -4.14. The molecule has 4 rings (SSSR count). The van der Waals surface area contributed by atoms with E-state index < -0.39 is 0 Å². The van der Waals surface area contributed by atoms with Crippen molar-refractivity contribution in [3.63, 3.8) is 0 Å². The van der Waals surface area contributed by atoms with Gasteiger partial charge in [-0.1, -0.05) is 5.16 Å². The Kier molecular flexibility index (Phi) is 5.93. The Morgan fingerprint density at radius 2 is 1.65 bits per heavy atom. The third-order valence-corrected chi connectivity index (χ3v) is 4.64. The van der Waals surface area contributed by atoms with Crippen LogP contribution in [0.25, 0.3) is 22.7 Å². The van der Waals surface area contributed by atoms with Crippen molar-refractivity contribution in [3.05, 3.63) is 66.1 Å². The highest BCUT2D eigenvalue weighted by molar-refractivity contribution is 5.93. The van der Waals surface area contributed by atoms with Crippen LogP contribution < -0.4 is 14.8 Å². The number of rotatable bonds is 8. The lowest BCUT2D eigenvalue weighted by atomic mass is 10.1. The van der Waals surface area contributed by atoms with Gasteiger partial charge in [-0.3, -0.25) is 9.89 Å². The predicted octanol–water partition coefficient (Wildman–Crippen LogP) is 3.12. The van der Waals surface area contributed by atoms with Crippen molar-refractivity contribution >= 4 is 5.91 Å². The normalized spacial score (nSPS) is 10.6. The second-order valence-electron chi connectivity index (χ2n) is 6.65. The highest BCUT2D eigenvalue weighted by Crippen LogP contribution is 2.23. The molecular weight excluding hydrogens is 398 g/mol. The number of amides is 1. The monoisotopic (exact) mass is 419 g/mol. The van der Waals surface area contributed by atoms with Crippen LogP contribution in [-0.2, 0) is 6.42 Å². The first-order valence-electron chi connectivity index (χ1n) is 9.61. The topological polar surface area (TPSA) is 115 Å². The first kappa shape index (κ1) is 20.1. The second-order valence-corrected chi connectivity index (χ2v) is 6.65. The first-order valence-corrected chi connectivity index (χ1v) is 9.61. The molecule has 2 aromatic heterocycles. The lowest BCUT2D eigenvalue weighted by Crippen LogP contribution is -2.26. The zero-order chi connectivity index (χ0) is 21.6. The molecule has 0 saturated heterocycles. The molecule has 9 nitrogen and oxygen atoms in total. The minimum absolute atomic E-state index is 0.210. The number of hydrogen-bond donors (Lipinski definition) is 2. The lowest BCUT2D eigenvalue weighted by molar-refractivity contribution is 0.0945. The smallest absolute Gasteiger partial charge is 0.273 e. The van der Waals surface area contributed by atoms with Gasteiger partial charge in [0.15, 0.2) is 17.3 Å². The Morgan fingerprint density at radius 1 is 1.00 bits per heavy atom. The van der Waals surface area contributed by atoms with Crippen LogP contribution in [0.15, 0.2) is 59.1 Å². The molecule has 158 valence electrons. The van der Waals surface area contributed by atoms with Crippen LogP contribution in [0.3, 0.4) is 0 Å². The maximum atomic E-state index is 12.4. The number of nitrogens with one attached hydrogen (secondary N) is 2. The molecule has 0 saturated carbocycles. The molecule has 0 aliphatic carbocycles. The number of benzene rings is 2. The SMILES string of the molecule is COc1ccc(-c2n[nH]c(CCNC(=O)c3cc(-c4ccc(OC)cc4)on3)n2)cc1. The number of aromatic amines is 1. The van der Waals surface area contributed by atoms with Gasteiger partial charge in [-0.15, -0.1) is 0 Å². The Bertz CT molecular complexity index is 1150. The maximum Gasteiger partial charge on any atom is 0.273 e. The molecule has 2 heterocycles. The van der Waals surface area contributed by atoms with Crippen molar-refractivity contribution in [2.24, 2.45) is 0 Å². The average molecular weight is 419 g/mol. The molecule has 0 unspecified atom stereocenters. The largest absolute Gasteiger partial charge is 0.497 e. The molecule has 0 radical (unpaired) electrons. The highest BCUT2D eigenvalue weighted by atomic mass is 16.5. The molecule has 0 atom stereocenters. The zero-order valence-electron chi connectivity index (χ0n) is 17.1. The molecule has 9 heteroatoms. The van der Waals surface area contributed by atoms with E-state index in [0.717, 1.165) is 22.6 Å². The van der Waals surface area contributed by atoms with Gasteiger partial charge in [0.05, 0.1) is 14.2 Å². The Balaban J connectivity index is 1.31. The highest BCUT2D eigenvalue weighted by Gasteiger charge is 2.14. The number of nitrogens with zero attached hydrogens (tertiary/aromatic N) is 3. The summed E-state index contributed by atoms with van der Waals surface area (Å²) in [7, 11) is 3.22. The third kappa shape index (κ3) is 4.72. The van der Waals surface area contributed by atoms with Gasteiger partial charge in [-0.25, -0.2) is 4.98 Å². The van der Waals surface area contributed by atoms with Gasteiger partial charge in [0.2, 0.25) is 0 Å². The van der Waals surface area contributed by atoms with E-state index in [9.17, 15) is 4.79 Å². The van der Waals surface area contributed by atoms with Gasteiger partial charge < -0.3 is 19.3 Å². The van der Waals surface area contributed by atoms with E-state index in [4.69, 9.17) is 14.0 Å². The Labute approximate surface area is 178 Å². The van der Waals surface area contributed by atoms with Crippen molar-refractivity contribution < 1.29 is 18.8 Å². The molecule has 0 fully saturated rings. The van der Waals surface area contributed by atoms with Gasteiger partial charge in [0, 0.05) is 30.2 Å². The van der Waals surface area contributed by atoms with Gasteiger partial charge in [0.1, 0.15) is 17.3 Å². The number of ether oxygens (including phenoxy) is 2. The number of aromatic nitrogens is 4. The van der Waals surface area contributed by atoms with E-state index in [1.165, 1.54) is 0 Å². The van der Waals surface area contributed by atoms with E-state index in [2.05, 4.69) is 25.7 Å². The van der Waals surface area contributed by atoms with E-state index >= 15 is 0 Å². The van der Waals surface area contributed by atoms with Gasteiger partial charge in [-0.2, -0.15) is 5.10 Å². The average Bonchev–Trinajstić information content (AvgIpc) is 3.49. The quantitative estimate of drug-likeness (QED) is 0.451. The fourth-order valence-electron chi connectivity index (χ4n) is 2.93. The molecule has 4 aromatic rings. The molecule has 0 aliphatic heterocycles. The number of carbonyl (C=O) groups is 1. The van der Waals surface area contributed by atoms with Gasteiger partial charge in [0.25, 0.3) is 5.91 Å². The van der Waals surface area contributed by atoms with E-state index in [0.29, 0.717) is 30.4 Å². The summed E-state index contributed by atoms with van der Waals surface area (Å²) in [5, 5.41) is 13.8. The summed E-state index contributed by atoms with van der Waals surface area (Å²) in [6.45, 7) is 0.376. The molecule has 2 N–H and O–H groups in total. The van der Waals surface area contributed by atoms with Crippen LogP contribution >= 0.6 is 0 Å². The summed E-state index contributed by atoms with van der Waals surface area (Å²) in [5.41, 5.74) is 1.89. The van der Waals surface area contributed by atoms with Crippen LogP contribution in [-0.4, -0.2) is 47.0 Å². The zero-order valence-corrected chi connectivity index (χ0v) is 17.1. The van der Waals surface area contributed by atoms with Crippen LogP contribution in [0.4, 0.5) is 0 Å². The maximum absolute atomic E-state index is 12.4. The summed E-state index contributed by atoms with van der Waals surface area (Å²) in [4.78, 5) is 16.8. The molecule has 0 aliphatic rings. The van der Waals surface area contributed by atoms with Crippen molar-refractivity contribution in [2.75, 3.05) is 20.8 Å². The fraction of sp³-hybridized carbons (Fsp3) is 0.182. The fourth-order valence-corrected chi connectivity index (χ4v) is 2.93. The van der Waals surface area contributed by atoms with Crippen molar-refractivity contribution in [1.29, 1.82) is 0 Å². The summed E-state index contributed by atoms with van der Waals surface area (Å²) >= 11 is 0. The summed E-state index contributed by atoms with van der Waals surface area (Å²) in [5.74, 6) is 2.95. The summed E-state index contributed by atoms with van der Waals surface area (Å²) in [6, 6.07) is 16.4. The molecule has 2 aromatic carbocycles.